The van der Waals surface area contributed by atoms with Crippen molar-refractivity contribution < 1.29 is 19.4 Å². The fourth-order valence-corrected chi connectivity index (χ4v) is 3.01. The van der Waals surface area contributed by atoms with Crippen LogP contribution in [0.5, 0.6) is 0 Å². The van der Waals surface area contributed by atoms with Gasteiger partial charge in [-0.3, -0.25) is 9.59 Å². The second-order valence-electron chi connectivity index (χ2n) is 6.22. The minimum Gasteiger partial charge on any atom is -0.469 e. The summed E-state index contributed by atoms with van der Waals surface area (Å²) in [4.78, 5) is 25.9. The summed E-state index contributed by atoms with van der Waals surface area (Å²) in [5.74, 6) is -1.29. The minimum atomic E-state index is -2.09. The van der Waals surface area contributed by atoms with E-state index >= 15 is 0 Å². The van der Waals surface area contributed by atoms with Crippen LogP contribution in [0.4, 0.5) is 11.4 Å². The first-order chi connectivity index (χ1) is 12.4. The number of nitrogens with zero attached hydrogens (tertiary/aromatic N) is 1. The summed E-state index contributed by atoms with van der Waals surface area (Å²) in [6.07, 6.45) is 0.822. The van der Waals surface area contributed by atoms with Crippen LogP contribution >= 0.6 is 0 Å². The predicted octanol–water partition coefficient (Wildman–Crippen LogP) is 2.26. The summed E-state index contributed by atoms with van der Waals surface area (Å²) < 4.78 is 4.66. The van der Waals surface area contributed by atoms with Gasteiger partial charge in [0.15, 0.2) is 0 Å². The fourth-order valence-electron chi connectivity index (χ4n) is 3.01. The summed E-state index contributed by atoms with van der Waals surface area (Å²) in [7, 11) is 1.21. The Labute approximate surface area is 151 Å². The first-order valence-corrected chi connectivity index (χ1v) is 8.14. The van der Waals surface area contributed by atoms with Crippen molar-refractivity contribution in [3.8, 4) is 0 Å². The molecule has 0 aromatic heterocycles. The highest BCUT2D eigenvalue weighted by atomic mass is 16.5. The third-order valence-electron chi connectivity index (χ3n) is 4.42. The van der Waals surface area contributed by atoms with Crippen molar-refractivity contribution in [2.45, 2.75) is 19.1 Å². The summed E-state index contributed by atoms with van der Waals surface area (Å²) in [5.41, 5.74) is 7.08. The summed E-state index contributed by atoms with van der Waals surface area (Å²) >= 11 is 0. The van der Waals surface area contributed by atoms with E-state index in [0.29, 0.717) is 17.1 Å². The Balaban J connectivity index is 2.16. The number of esters is 1. The van der Waals surface area contributed by atoms with E-state index in [2.05, 4.69) is 4.74 Å². The third kappa shape index (κ3) is 2.95. The molecule has 0 amide bonds. The lowest BCUT2D eigenvalue weighted by Gasteiger charge is -2.36. The number of methoxy groups -OCH3 is 1. The number of carbonyl (C=O) groups excluding carboxylic acids is 2. The topological polar surface area (TPSA) is 92.9 Å². The Morgan fingerprint density at radius 1 is 1.19 bits per heavy atom. The molecule has 1 unspecified atom stereocenters. The van der Waals surface area contributed by atoms with E-state index in [1.54, 1.807) is 24.3 Å². The molecule has 0 fully saturated rings. The van der Waals surface area contributed by atoms with Crippen molar-refractivity contribution in [1.82, 2.24) is 0 Å². The first kappa shape index (κ1) is 17.7. The van der Waals surface area contributed by atoms with Gasteiger partial charge in [0.2, 0.25) is 11.5 Å². The smallest absolute Gasteiger partial charge is 0.310 e. The number of aryl methyl sites for hydroxylation is 1. The molecule has 0 aliphatic carbocycles. The Morgan fingerprint density at radius 3 is 2.46 bits per heavy atom. The average Bonchev–Trinajstić information content (AvgIpc) is 2.87. The van der Waals surface area contributed by atoms with Crippen LogP contribution in [0.25, 0.3) is 5.70 Å². The zero-order chi connectivity index (χ0) is 18.9. The highest BCUT2D eigenvalue weighted by molar-refractivity contribution is 6.15. The SMILES string of the molecule is COC(=O)CC1(O)C(=O)C=C(c2ccc(C)cc2)N1c1ccccc1N. The van der Waals surface area contributed by atoms with Crippen LogP contribution in [-0.2, 0) is 14.3 Å². The monoisotopic (exact) mass is 352 g/mol. The maximum Gasteiger partial charge on any atom is 0.310 e. The molecular weight excluding hydrogens is 332 g/mol. The number of carbonyl (C=O) groups is 2. The van der Waals surface area contributed by atoms with Crippen LogP contribution in [0.1, 0.15) is 17.5 Å². The van der Waals surface area contributed by atoms with Gasteiger partial charge in [-0.1, -0.05) is 42.0 Å². The standard InChI is InChI=1S/C20H20N2O4/c1-13-7-9-14(10-8-13)17-11-18(23)20(25,12-19(24)26-2)22(17)16-6-4-3-5-15(16)21/h3-11,25H,12,21H2,1-2H3. The second kappa shape index (κ2) is 6.65. The molecule has 0 bridgehead atoms. The molecule has 0 radical (unpaired) electrons. The van der Waals surface area contributed by atoms with Gasteiger partial charge in [0.05, 0.1) is 24.2 Å². The number of rotatable bonds is 4. The van der Waals surface area contributed by atoms with Gasteiger partial charge in [0.25, 0.3) is 0 Å². The molecule has 1 atom stereocenters. The molecule has 1 aliphatic rings. The van der Waals surface area contributed by atoms with Crippen molar-refractivity contribution in [1.29, 1.82) is 0 Å². The molecule has 1 heterocycles. The number of aliphatic hydroxyl groups is 1. The molecule has 2 aromatic carbocycles. The van der Waals surface area contributed by atoms with Crippen molar-refractivity contribution in [3.63, 3.8) is 0 Å². The number of ketones is 1. The van der Waals surface area contributed by atoms with Gasteiger partial charge in [-0.15, -0.1) is 0 Å². The lowest BCUT2D eigenvalue weighted by atomic mass is 10.0. The van der Waals surface area contributed by atoms with Crippen molar-refractivity contribution in [2.24, 2.45) is 0 Å². The van der Waals surface area contributed by atoms with Crippen molar-refractivity contribution in [2.75, 3.05) is 17.7 Å². The second-order valence-corrected chi connectivity index (χ2v) is 6.22. The van der Waals surface area contributed by atoms with E-state index in [1.807, 2.05) is 31.2 Å². The Kier molecular flexibility index (Phi) is 4.52. The Bertz CT molecular complexity index is 889. The van der Waals surface area contributed by atoms with Crippen molar-refractivity contribution >= 4 is 28.8 Å². The maximum absolute atomic E-state index is 12.7. The molecule has 1 aliphatic heterocycles. The molecular formula is C20H20N2O4. The zero-order valence-corrected chi connectivity index (χ0v) is 14.6. The van der Waals surface area contributed by atoms with Crippen LogP contribution < -0.4 is 10.6 Å². The number of hydrogen-bond acceptors (Lipinski definition) is 6. The molecule has 0 saturated heterocycles. The van der Waals surface area contributed by atoms with Gasteiger partial charge < -0.3 is 20.5 Å². The Hall–Kier alpha value is -3.12. The van der Waals surface area contributed by atoms with E-state index in [4.69, 9.17) is 5.73 Å². The molecule has 6 heteroatoms. The normalized spacial score (nSPS) is 19.4. The summed E-state index contributed by atoms with van der Waals surface area (Å²) in [5, 5.41) is 11.2. The third-order valence-corrected chi connectivity index (χ3v) is 4.42. The average molecular weight is 352 g/mol. The van der Waals surface area contributed by atoms with E-state index in [1.165, 1.54) is 18.1 Å². The quantitative estimate of drug-likeness (QED) is 0.648. The van der Waals surface area contributed by atoms with Crippen LogP contribution in [0.2, 0.25) is 0 Å². The number of nitrogen functional groups attached to an aromatic ring is 1. The summed E-state index contributed by atoms with van der Waals surface area (Å²) in [6, 6.07) is 14.4. The Morgan fingerprint density at radius 2 is 1.85 bits per heavy atom. The number of ether oxygens (including phenoxy) is 1. The van der Waals surface area contributed by atoms with Crippen LogP contribution in [-0.4, -0.2) is 29.7 Å². The predicted molar refractivity (Wildman–Crippen MR) is 99.1 cm³/mol. The lowest BCUT2D eigenvalue weighted by Crippen LogP contribution is -2.51. The largest absolute Gasteiger partial charge is 0.469 e. The molecule has 3 N–H and O–H groups in total. The van der Waals surface area contributed by atoms with E-state index in [-0.39, 0.29) is 0 Å². The van der Waals surface area contributed by atoms with Crippen molar-refractivity contribution in [3.05, 3.63) is 65.7 Å². The number of hydrogen-bond donors (Lipinski definition) is 2. The van der Waals surface area contributed by atoms with E-state index in [9.17, 15) is 14.7 Å². The highest BCUT2D eigenvalue weighted by Gasteiger charge is 2.50. The molecule has 6 nitrogen and oxygen atoms in total. The molecule has 26 heavy (non-hydrogen) atoms. The van der Waals surface area contributed by atoms with Gasteiger partial charge in [-0.2, -0.15) is 0 Å². The van der Waals surface area contributed by atoms with Crippen LogP contribution in [0.15, 0.2) is 54.6 Å². The van der Waals surface area contributed by atoms with Gasteiger partial charge in [-0.25, -0.2) is 0 Å². The fraction of sp³-hybridized carbons (Fsp3) is 0.200. The van der Waals surface area contributed by atoms with Gasteiger partial charge in [0.1, 0.15) is 6.42 Å². The first-order valence-electron chi connectivity index (χ1n) is 8.14. The van der Waals surface area contributed by atoms with E-state index < -0.39 is 23.9 Å². The number of benzene rings is 2. The lowest BCUT2D eigenvalue weighted by molar-refractivity contribution is -0.150. The van der Waals surface area contributed by atoms with Gasteiger partial charge in [0, 0.05) is 6.08 Å². The van der Waals surface area contributed by atoms with Crippen LogP contribution in [0, 0.1) is 6.92 Å². The number of para-hydroxylation sites is 2. The van der Waals surface area contributed by atoms with Crippen LogP contribution in [0.3, 0.4) is 0 Å². The van der Waals surface area contributed by atoms with E-state index in [0.717, 1.165) is 11.1 Å². The zero-order valence-electron chi connectivity index (χ0n) is 14.6. The number of nitrogens with two attached hydrogens (primary N) is 1. The number of anilines is 2. The van der Waals surface area contributed by atoms with Gasteiger partial charge >= 0.3 is 5.97 Å². The molecule has 3 rings (SSSR count). The molecule has 0 spiro atoms. The summed E-state index contributed by atoms with van der Waals surface area (Å²) in [6.45, 7) is 1.96. The highest BCUT2D eigenvalue weighted by Crippen LogP contribution is 2.42. The molecule has 0 saturated carbocycles. The maximum atomic E-state index is 12.7. The molecule has 2 aromatic rings. The van der Waals surface area contributed by atoms with Gasteiger partial charge in [-0.05, 0) is 24.6 Å². The minimum absolute atomic E-state index is 0.378. The molecule has 134 valence electrons.